The first-order chi connectivity index (χ1) is 16.3. The molecule has 4 heterocycles. The summed E-state index contributed by atoms with van der Waals surface area (Å²) in [6.45, 7) is 6.02. The lowest BCUT2D eigenvalue weighted by Crippen LogP contribution is -2.21. The number of pyridine rings is 2. The molecule has 0 aliphatic rings. The molecule has 1 aromatic carbocycles. The van der Waals surface area contributed by atoms with Gasteiger partial charge in [-0.2, -0.15) is 5.10 Å². The molecule has 0 radical (unpaired) electrons. The molecule has 172 valence electrons. The van der Waals surface area contributed by atoms with Gasteiger partial charge in [0.05, 0.1) is 34.1 Å². The van der Waals surface area contributed by atoms with E-state index in [0.29, 0.717) is 5.69 Å². The Balaban J connectivity index is 1.76. The van der Waals surface area contributed by atoms with Crippen LogP contribution in [0.2, 0.25) is 0 Å². The summed E-state index contributed by atoms with van der Waals surface area (Å²) < 4.78 is 5.20. The summed E-state index contributed by atoms with van der Waals surface area (Å²) in [7, 11) is 3.33. The zero-order valence-electron chi connectivity index (χ0n) is 19.7. The van der Waals surface area contributed by atoms with Crippen molar-refractivity contribution < 1.29 is 4.79 Å². The SMILES string of the molecule is CNC(=O)c1ccc(-c2ccc3ncc4c(c3c2)n(-c2cn(C(C)C)nc2C)c(=O)n4C)cn1. The highest BCUT2D eigenvalue weighted by Crippen LogP contribution is 2.30. The van der Waals surface area contributed by atoms with E-state index in [0.717, 1.165) is 44.4 Å². The van der Waals surface area contributed by atoms with Gasteiger partial charge in [-0.1, -0.05) is 12.1 Å². The van der Waals surface area contributed by atoms with Gasteiger partial charge < -0.3 is 5.32 Å². The van der Waals surface area contributed by atoms with Gasteiger partial charge in [0.1, 0.15) is 5.69 Å². The summed E-state index contributed by atoms with van der Waals surface area (Å²) in [5, 5.41) is 8.03. The van der Waals surface area contributed by atoms with Crippen LogP contribution in [0.1, 0.15) is 36.1 Å². The quantitative estimate of drug-likeness (QED) is 0.448. The summed E-state index contributed by atoms with van der Waals surface area (Å²) in [6.07, 6.45) is 5.32. The summed E-state index contributed by atoms with van der Waals surface area (Å²) in [5.41, 5.74) is 5.79. The topological polar surface area (TPSA) is 99.6 Å². The van der Waals surface area contributed by atoms with Crippen LogP contribution < -0.4 is 11.0 Å². The van der Waals surface area contributed by atoms with Crippen molar-refractivity contribution >= 4 is 27.8 Å². The minimum absolute atomic E-state index is 0.155. The Morgan fingerprint density at radius 3 is 2.47 bits per heavy atom. The van der Waals surface area contributed by atoms with Gasteiger partial charge in [-0.05, 0) is 44.5 Å². The van der Waals surface area contributed by atoms with E-state index in [-0.39, 0.29) is 17.6 Å². The minimum atomic E-state index is -0.235. The minimum Gasteiger partial charge on any atom is -0.354 e. The molecule has 5 aromatic rings. The smallest absolute Gasteiger partial charge is 0.333 e. The molecule has 0 aliphatic carbocycles. The van der Waals surface area contributed by atoms with Crippen LogP contribution in [0, 0.1) is 6.92 Å². The number of rotatable bonds is 4. The molecular formula is C25H25N7O2. The van der Waals surface area contributed by atoms with Crippen molar-refractivity contribution in [3.63, 3.8) is 0 Å². The lowest BCUT2D eigenvalue weighted by atomic mass is 10.0. The summed E-state index contributed by atoms with van der Waals surface area (Å²) in [6, 6.07) is 9.64. The van der Waals surface area contributed by atoms with E-state index in [1.807, 2.05) is 42.1 Å². The first kappa shape index (κ1) is 21.6. The normalized spacial score (nSPS) is 11.6. The fourth-order valence-electron chi connectivity index (χ4n) is 4.18. The van der Waals surface area contributed by atoms with Crippen molar-refractivity contribution in [3.05, 3.63) is 70.8 Å². The average Bonchev–Trinajstić information content (AvgIpc) is 3.35. The fraction of sp³-hybridized carbons (Fsp3) is 0.240. The van der Waals surface area contributed by atoms with Crippen LogP contribution >= 0.6 is 0 Å². The van der Waals surface area contributed by atoms with Crippen molar-refractivity contribution in [3.8, 4) is 16.8 Å². The predicted octanol–water partition coefficient (Wildman–Crippen LogP) is 3.38. The highest BCUT2D eigenvalue weighted by molar-refractivity contribution is 6.04. The Hall–Kier alpha value is -4.27. The molecule has 0 spiro atoms. The van der Waals surface area contributed by atoms with E-state index >= 15 is 0 Å². The van der Waals surface area contributed by atoms with Crippen molar-refractivity contribution in [1.82, 2.24) is 34.2 Å². The molecule has 4 aromatic heterocycles. The van der Waals surface area contributed by atoms with E-state index in [1.54, 1.807) is 41.7 Å². The van der Waals surface area contributed by atoms with Gasteiger partial charge in [-0.15, -0.1) is 0 Å². The van der Waals surface area contributed by atoms with Gasteiger partial charge in [0.2, 0.25) is 0 Å². The number of fused-ring (bicyclic) bond motifs is 3. The zero-order chi connectivity index (χ0) is 24.1. The number of carbonyl (C=O) groups is 1. The molecular weight excluding hydrogens is 430 g/mol. The van der Waals surface area contributed by atoms with Crippen molar-refractivity contribution in [2.45, 2.75) is 26.8 Å². The third-order valence-corrected chi connectivity index (χ3v) is 6.10. The van der Waals surface area contributed by atoms with Crippen LogP contribution in [0.25, 0.3) is 38.8 Å². The van der Waals surface area contributed by atoms with Gasteiger partial charge in [0.25, 0.3) is 5.91 Å². The number of carbonyl (C=O) groups excluding carboxylic acids is 1. The van der Waals surface area contributed by atoms with Gasteiger partial charge >= 0.3 is 5.69 Å². The highest BCUT2D eigenvalue weighted by Gasteiger charge is 2.20. The summed E-state index contributed by atoms with van der Waals surface area (Å²) >= 11 is 0. The maximum absolute atomic E-state index is 13.4. The zero-order valence-corrected chi connectivity index (χ0v) is 19.7. The van der Waals surface area contributed by atoms with Crippen LogP contribution in [-0.4, -0.2) is 41.8 Å². The first-order valence-corrected chi connectivity index (χ1v) is 11.0. The third kappa shape index (κ3) is 3.28. The Labute approximate surface area is 195 Å². The number of imidazole rings is 1. The lowest BCUT2D eigenvalue weighted by molar-refractivity contribution is 0.0958. The van der Waals surface area contributed by atoms with Gasteiger partial charge in [0, 0.05) is 43.5 Å². The molecule has 9 heteroatoms. The fourth-order valence-corrected chi connectivity index (χ4v) is 4.18. The number of nitrogens with one attached hydrogen (secondary N) is 1. The molecule has 0 atom stereocenters. The van der Waals surface area contributed by atoms with Crippen LogP contribution in [0.3, 0.4) is 0 Å². The van der Waals surface area contributed by atoms with Gasteiger partial charge in [0.15, 0.2) is 0 Å². The Kier molecular flexibility index (Phi) is 5.04. The standard InChI is InChI=1S/C25H25N7O2/c1-14(2)31-13-22(15(3)29-31)32-23-18-10-16(17-7-9-20(27-11-17)24(33)26-4)6-8-19(18)28-12-21(23)30(5)25(32)34/h6-14H,1-5H3,(H,26,33). The second-order valence-corrected chi connectivity index (χ2v) is 8.59. The van der Waals surface area contributed by atoms with E-state index in [1.165, 1.54) is 0 Å². The monoisotopic (exact) mass is 455 g/mol. The predicted molar refractivity (Wildman–Crippen MR) is 131 cm³/mol. The van der Waals surface area contributed by atoms with E-state index in [2.05, 4.69) is 34.2 Å². The molecule has 9 nitrogen and oxygen atoms in total. The van der Waals surface area contributed by atoms with Crippen LogP contribution in [-0.2, 0) is 7.05 Å². The second-order valence-electron chi connectivity index (χ2n) is 8.59. The first-order valence-electron chi connectivity index (χ1n) is 11.0. The lowest BCUT2D eigenvalue weighted by Gasteiger charge is -2.08. The van der Waals surface area contributed by atoms with E-state index in [4.69, 9.17) is 0 Å². The van der Waals surface area contributed by atoms with Crippen LogP contribution in [0.15, 0.2) is 53.7 Å². The number of amides is 1. The average molecular weight is 456 g/mol. The van der Waals surface area contributed by atoms with Gasteiger partial charge in [-0.3, -0.25) is 28.6 Å². The van der Waals surface area contributed by atoms with Crippen molar-refractivity contribution in [1.29, 1.82) is 0 Å². The summed E-state index contributed by atoms with van der Waals surface area (Å²) in [5.74, 6) is -0.235. The number of aromatic nitrogens is 6. The maximum Gasteiger partial charge on any atom is 0.333 e. The Bertz CT molecular complexity index is 1620. The molecule has 1 amide bonds. The molecule has 0 saturated carbocycles. The molecule has 0 fully saturated rings. The Morgan fingerprint density at radius 2 is 1.82 bits per heavy atom. The number of hydrogen-bond acceptors (Lipinski definition) is 5. The van der Waals surface area contributed by atoms with Crippen LogP contribution in [0.4, 0.5) is 0 Å². The summed E-state index contributed by atoms with van der Waals surface area (Å²) in [4.78, 5) is 34.1. The number of hydrogen-bond donors (Lipinski definition) is 1. The molecule has 5 rings (SSSR count). The van der Waals surface area contributed by atoms with Crippen molar-refractivity contribution in [2.24, 2.45) is 7.05 Å². The number of nitrogens with zero attached hydrogens (tertiary/aromatic N) is 6. The van der Waals surface area contributed by atoms with E-state index in [9.17, 15) is 9.59 Å². The van der Waals surface area contributed by atoms with Gasteiger partial charge in [-0.25, -0.2) is 4.79 Å². The largest absolute Gasteiger partial charge is 0.354 e. The molecule has 0 saturated heterocycles. The van der Waals surface area contributed by atoms with Crippen LogP contribution in [0.5, 0.6) is 0 Å². The third-order valence-electron chi connectivity index (χ3n) is 6.10. The molecule has 0 unspecified atom stereocenters. The molecule has 0 aliphatic heterocycles. The number of aryl methyl sites for hydroxylation is 2. The molecule has 0 bridgehead atoms. The van der Waals surface area contributed by atoms with E-state index < -0.39 is 0 Å². The maximum atomic E-state index is 13.4. The molecule has 34 heavy (non-hydrogen) atoms. The second kappa shape index (κ2) is 7.95. The van der Waals surface area contributed by atoms with Crippen molar-refractivity contribution in [2.75, 3.05) is 7.05 Å². The number of benzene rings is 1. The molecule has 1 N–H and O–H groups in total. The Morgan fingerprint density at radius 1 is 1.06 bits per heavy atom. The highest BCUT2D eigenvalue weighted by atomic mass is 16.2.